The number of hydrogen-bond donors (Lipinski definition) is 4. The molecule has 4 N–H and O–H groups in total. The number of nitrogens with one attached hydrogen (secondary N) is 4. The highest BCUT2D eigenvalue weighted by Crippen LogP contribution is 2.38. The number of methoxy groups -OCH3 is 1. The average Bonchev–Trinajstić information content (AvgIpc) is 3.66. The van der Waals surface area contributed by atoms with E-state index in [1.54, 1.807) is 36.5 Å². The van der Waals surface area contributed by atoms with Crippen LogP contribution in [0.1, 0.15) is 43.5 Å². The SMILES string of the molecule is COC(=O)Nc1cc2c(c(NC(=O)C=Cc3cc(Cl)ccc3-n3cnnn3)c1)-c1cnc([nH]1)CCCCCCCN2. The normalized spacial score (nSPS) is 13.7. The van der Waals surface area contributed by atoms with Gasteiger partial charge in [-0.15, -0.1) is 5.10 Å². The summed E-state index contributed by atoms with van der Waals surface area (Å²) >= 11 is 6.22. The van der Waals surface area contributed by atoms with Crippen molar-refractivity contribution in [2.45, 2.75) is 38.5 Å². The van der Waals surface area contributed by atoms with Crippen molar-refractivity contribution in [1.82, 2.24) is 30.2 Å². The number of nitrogens with zero attached hydrogens (tertiary/aromatic N) is 5. The minimum absolute atomic E-state index is 0.396. The fraction of sp³-hybridized carbons (Fsp3) is 0.286. The van der Waals surface area contributed by atoms with Crippen LogP contribution in [0.15, 0.2) is 48.9 Å². The third-order valence-corrected chi connectivity index (χ3v) is 6.87. The summed E-state index contributed by atoms with van der Waals surface area (Å²) in [7, 11) is 1.30. The quantitative estimate of drug-likeness (QED) is 0.229. The van der Waals surface area contributed by atoms with Gasteiger partial charge < -0.3 is 20.4 Å². The van der Waals surface area contributed by atoms with Gasteiger partial charge in [0, 0.05) is 46.6 Å². The molecule has 41 heavy (non-hydrogen) atoms. The molecule has 0 unspecified atom stereocenters. The highest BCUT2D eigenvalue weighted by Gasteiger charge is 2.18. The predicted octanol–water partition coefficient (Wildman–Crippen LogP) is 5.45. The minimum Gasteiger partial charge on any atom is -0.453 e. The molecule has 12 nitrogen and oxygen atoms in total. The molecular formula is C28H30ClN9O3. The average molecular weight is 576 g/mol. The minimum atomic E-state index is -0.619. The van der Waals surface area contributed by atoms with Crippen molar-refractivity contribution in [2.24, 2.45) is 0 Å². The fourth-order valence-corrected chi connectivity index (χ4v) is 4.86. The monoisotopic (exact) mass is 575 g/mol. The Morgan fingerprint density at radius 3 is 2.78 bits per heavy atom. The molecule has 2 bridgehead atoms. The lowest BCUT2D eigenvalue weighted by Crippen LogP contribution is -2.14. The van der Waals surface area contributed by atoms with E-state index in [2.05, 4.69) is 41.4 Å². The van der Waals surface area contributed by atoms with Crippen molar-refractivity contribution in [1.29, 1.82) is 0 Å². The summed E-state index contributed by atoms with van der Waals surface area (Å²) < 4.78 is 6.28. The Labute approximate surface area is 241 Å². The number of halogens is 1. The third-order valence-electron chi connectivity index (χ3n) is 6.63. The summed E-state index contributed by atoms with van der Waals surface area (Å²) in [5, 5.41) is 21.0. The Balaban J connectivity index is 1.50. The lowest BCUT2D eigenvalue weighted by atomic mass is 10.1. The van der Waals surface area contributed by atoms with E-state index in [1.165, 1.54) is 24.2 Å². The summed E-state index contributed by atoms with van der Waals surface area (Å²) in [5.74, 6) is 0.489. The number of aryl methyl sites for hydroxylation is 1. The van der Waals surface area contributed by atoms with Crippen LogP contribution in [0.3, 0.4) is 0 Å². The van der Waals surface area contributed by atoms with E-state index < -0.39 is 12.0 Å². The maximum Gasteiger partial charge on any atom is 0.411 e. The van der Waals surface area contributed by atoms with Crippen molar-refractivity contribution in [2.75, 3.05) is 29.6 Å². The molecule has 2 amide bonds. The molecule has 0 saturated heterocycles. The zero-order valence-electron chi connectivity index (χ0n) is 22.5. The highest BCUT2D eigenvalue weighted by atomic mass is 35.5. The molecule has 1 aliphatic rings. The van der Waals surface area contributed by atoms with Gasteiger partial charge in [0.2, 0.25) is 5.91 Å². The van der Waals surface area contributed by atoms with Gasteiger partial charge in [0.15, 0.2) is 0 Å². The molecule has 5 rings (SSSR count). The molecule has 13 heteroatoms. The first-order valence-electron chi connectivity index (χ1n) is 13.3. The molecule has 0 saturated carbocycles. The highest BCUT2D eigenvalue weighted by molar-refractivity contribution is 6.30. The Bertz CT molecular complexity index is 1550. The van der Waals surface area contributed by atoms with Crippen LogP contribution in [-0.4, -0.2) is 55.8 Å². The Hall–Kier alpha value is -4.71. The molecule has 212 valence electrons. The van der Waals surface area contributed by atoms with Crippen LogP contribution >= 0.6 is 11.6 Å². The van der Waals surface area contributed by atoms with Crippen molar-refractivity contribution in [3.63, 3.8) is 0 Å². The van der Waals surface area contributed by atoms with Gasteiger partial charge in [-0.2, -0.15) is 4.68 Å². The molecular weight excluding hydrogens is 546 g/mol. The first-order chi connectivity index (χ1) is 20.0. The summed E-state index contributed by atoms with van der Waals surface area (Å²) in [6.07, 6.45) is 11.9. The molecule has 4 aromatic rings. The maximum absolute atomic E-state index is 13.3. The number of anilines is 3. The lowest BCUT2D eigenvalue weighted by molar-refractivity contribution is -0.111. The van der Waals surface area contributed by atoms with Gasteiger partial charge in [-0.3, -0.25) is 10.1 Å². The number of carbonyl (C=O) groups excluding carboxylic acids is 2. The van der Waals surface area contributed by atoms with E-state index >= 15 is 0 Å². The van der Waals surface area contributed by atoms with Gasteiger partial charge in [0.1, 0.15) is 12.2 Å². The van der Waals surface area contributed by atoms with Crippen molar-refractivity contribution < 1.29 is 14.3 Å². The van der Waals surface area contributed by atoms with Crippen LogP contribution in [0.2, 0.25) is 5.02 Å². The fourth-order valence-electron chi connectivity index (χ4n) is 4.68. The summed E-state index contributed by atoms with van der Waals surface area (Å²) in [4.78, 5) is 33.3. The molecule has 0 atom stereocenters. The molecule has 1 aliphatic heterocycles. The van der Waals surface area contributed by atoms with Gasteiger partial charge in [0.05, 0.1) is 30.4 Å². The number of tetrazole rings is 1. The van der Waals surface area contributed by atoms with E-state index in [9.17, 15) is 9.59 Å². The first-order valence-corrected chi connectivity index (χ1v) is 13.7. The Morgan fingerprint density at radius 2 is 1.95 bits per heavy atom. The second-order valence-electron chi connectivity index (χ2n) is 9.53. The summed E-state index contributed by atoms with van der Waals surface area (Å²) in [6.45, 7) is 0.734. The van der Waals surface area contributed by atoms with Crippen LogP contribution < -0.4 is 16.0 Å². The number of imidazole rings is 1. The number of benzene rings is 2. The predicted molar refractivity (Wildman–Crippen MR) is 157 cm³/mol. The van der Waals surface area contributed by atoms with Crippen LogP contribution in [0.25, 0.3) is 23.0 Å². The molecule has 3 heterocycles. The molecule has 0 radical (unpaired) electrons. The van der Waals surface area contributed by atoms with Gasteiger partial charge >= 0.3 is 6.09 Å². The maximum atomic E-state index is 13.3. The molecule has 2 aromatic carbocycles. The number of ether oxygens (including phenoxy) is 1. The first kappa shape index (κ1) is 27.8. The van der Waals surface area contributed by atoms with Gasteiger partial charge in [-0.1, -0.05) is 30.9 Å². The van der Waals surface area contributed by atoms with Crippen LogP contribution in [0.5, 0.6) is 0 Å². The van der Waals surface area contributed by atoms with E-state index in [1.807, 2.05) is 6.07 Å². The second-order valence-corrected chi connectivity index (χ2v) is 9.97. The number of hydrogen-bond acceptors (Lipinski definition) is 8. The Kier molecular flexibility index (Phi) is 8.89. The number of aromatic nitrogens is 6. The number of H-pyrrole nitrogens is 1. The van der Waals surface area contributed by atoms with Crippen molar-refractivity contribution in [3.05, 3.63) is 65.3 Å². The standard InChI is InChI=1S/C28H30ClN9O3/c1-41-28(40)33-20-14-21-27(23-16-31-25(34-23)7-5-3-2-4-6-12-30-21)22(15-20)35-26(39)11-8-18-13-19(29)9-10-24(18)38-17-32-36-37-38/h8-11,13-17,30H,2-7,12H2,1H3,(H,31,34)(H,33,40)(H,35,39). The second kappa shape index (κ2) is 13.1. The smallest absolute Gasteiger partial charge is 0.411 e. The molecule has 0 aliphatic carbocycles. The van der Waals surface area contributed by atoms with Crippen LogP contribution in [0.4, 0.5) is 21.9 Å². The topological polar surface area (TPSA) is 152 Å². The van der Waals surface area contributed by atoms with E-state index in [-0.39, 0.29) is 0 Å². The molecule has 0 fully saturated rings. The number of rotatable bonds is 5. The molecule has 0 spiro atoms. The van der Waals surface area contributed by atoms with Crippen molar-refractivity contribution in [3.8, 4) is 16.9 Å². The van der Waals surface area contributed by atoms with Gasteiger partial charge in [-0.25, -0.2) is 9.78 Å². The summed E-state index contributed by atoms with van der Waals surface area (Å²) in [5.41, 5.74) is 4.46. The number of aromatic amines is 1. The third kappa shape index (κ3) is 7.09. The number of fused-ring (bicyclic) bond motifs is 4. The van der Waals surface area contributed by atoms with Gasteiger partial charge in [-0.05, 0) is 59.7 Å². The van der Waals surface area contributed by atoms with E-state index in [0.717, 1.165) is 67.8 Å². The van der Waals surface area contributed by atoms with Crippen LogP contribution in [-0.2, 0) is 16.0 Å². The zero-order chi connectivity index (χ0) is 28.6. The zero-order valence-corrected chi connectivity index (χ0v) is 23.2. The lowest BCUT2D eigenvalue weighted by Gasteiger charge is -2.18. The number of amides is 2. The number of carbonyl (C=O) groups is 2. The van der Waals surface area contributed by atoms with E-state index in [4.69, 9.17) is 16.3 Å². The van der Waals surface area contributed by atoms with Gasteiger partial charge in [0.25, 0.3) is 0 Å². The Morgan fingerprint density at radius 1 is 1.10 bits per heavy atom. The van der Waals surface area contributed by atoms with E-state index in [0.29, 0.717) is 27.6 Å². The van der Waals surface area contributed by atoms with Crippen LogP contribution in [0, 0.1) is 0 Å². The molecule has 2 aromatic heterocycles. The van der Waals surface area contributed by atoms with Crippen molar-refractivity contribution >= 4 is 46.7 Å². The largest absolute Gasteiger partial charge is 0.453 e. The summed E-state index contributed by atoms with van der Waals surface area (Å²) in [6, 6.07) is 8.71.